The average molecular weight is 376 g/mol. The van der Waals surface area contributed by atoms with Crippen molar-refractivity contribution >= 4 is 40.7 Å². The smallest absolute Gasteiger partial charge is 0.313 e. The summed E-state index contributed by atoms with van der Waals surface area (Å²) >= 11 is 8.73. The maximum Gasteiger partial charge on any atom is 0.313 e. The van der Waals surface area contributed by atoms with E-state index in [1.54, 1.807) is 0 Å². The van der Waals surface area contributed by atoms with Crippen molar-refractivity contribution in [1.29, 1.82) is 0 Å². The molecule has 0 spiro atoms. The molecule has 0 unspecified atom stereocenters. The minimum atomic E-state index is -0.847. The van der Waals surface area contributed by atoms with Crippen molar-refractivity contribution in [3.05, 3.63) is 59.1 Å². The summed E-state index contributed by atoms with van der Waals surface area (Å²) in [6, 6.07) is 15.8. The number of carboxylic acid groups (broad SMARTS) is 1. The third-order valence-corrected chi connectivity index (χ3v) is 5.84. The van der Waals surface area contributed by atoms with E-state index in [1.807, 2.05) is 55.5 Å². The zero-order valence-corrected chi connectivity index (χ0v) is 15.2. The molecule has 3 aromatic rings. The number of thioether (sulfide) groups is 1. The Morgan fingerprint density at radius 2 is 1.75 bits per heavy atom. The van der Waals surface area contributed by atoms with Crippen molar-refractivity contribution in [2.24, 2.45) is 0 Å². The van der Waals surface area contributed by atoms with Gasteiger partial charge in [0.25, 0.3) is 0 Å². The Hall–Kier alpha value is -1.82. The third kappa shape index (κ3) is 3.98. The van der Waals surface area contributed by atoms with Gasteiger partial charge in [-0.15, -0.1) is 11.3 Å². The van der Waals surface area contributed by atoms with Crippen LogP contribution in [0.2, 0.25) is 5.02 Å². The number of aryl methyl sites for hydroxylation is 1. The van der Waals surface area contributed by atoms with Gasteiger partial charge in [-0.2, -0.15) is 0 Å². The van der Waals surface area contributed by atoms with Crippen molar-refractivity contribution in [2.45, 2.75) is 11.3 Å². The summed E-state index contributed by atoms with van der Waals surface area (Å²) < 4.78 is 0.748. The van der Waals surface area contributed by atoms with E-state index >= 15 is 0 Å². The number of halogens is 1. The van der Waals surface area contributed by atoms with Crippen molar-refractivity contribution in [3.63, 3.8) is 0 Å². The summed E-state index contributed by atoms with van der Waals surface area (Å²) in [5.74, 6) is -0.846. The molecule has 3 rings (SSSR count). The highest BCUT2D eigenvalue weighted by molar-refractivity contribution is 8.01. The first-order chi connectivity index (χ1) is 11.5. The lowest BCUT2D eigenvalue weighted by atomic mass is 10.1. The van der Waals surface area contributed by atoms with E-state index < -0.39 is 5.97 Å². The minimum Gasteiger partial charge on any atom is -0.481 e. The predicted octanol–water partition coefficient (Wildman–Crippen LogP) is 5.62. The second kappa shape index (κ2) is 7.38. The number of hydrogen-bond donors (Lipinski definition) is 1. The number of benzene rings is 2. The summed E-state index contributed by atoms with van der Waals surface area (Å²) in [5.41, 5.74) is 4.09. The molecule has 0 radical (unpaired) electrons. The van der Waals surface area contributed by atoms with Gasteiger partial charge in [-0.3, -0.25) is 4.79 Å². The van der Waals surface area contributed by atoms with Crippen molar-refractivity contribution in [3.8, 4) is 21.7 Å². The molecule has 24 heavy (non-hydrogen) atoms. The lowest BCUT2D eigenvalue weighted by molar-refractivity contribution is -0.133. The van der Waals surface area contributed by atoms with Crippen molar-refractivity contribution < 1.29 is 9.90 Å². The zero-order chi connectivity index (χ0) is 17.1. The largest absolute Gasteiger partial charge is 0.481 e. The molecule has 0 aliphatic carbocycles. The third-order valence-electron chi connectivity index (χ3n) is 3.36. The van der Waals surface area contributed by atoms with Crippen LogP contribution in [0.5, 0.6) is 0 Å². The van der Waals surface area contributed by atoms with E-state index in [0.717, 1.165) is 26.0 Å². The second-order valence-electron chi connectivity index (χ2n) is 5.21. The van der Waals surface area contributed by atoms with E-state index in [2.05, 4.69) is 4.98 Å². The highest BCUT2D eigenvalue weighted by Gasteiger charge is 2.16. The van der Waals surface area contributed by atoms with Gasteiger partial charge in [0.15, 0.2) is 4.34 Å². The minimum absolute atomic E-state index is 0.000902. The fraction of sp³-hybridized carbons (Fsp3) is 0.111. The standard InChI is InChI=1S/C18H14ClNO2S2/c1-11-2-4-12(5-3-11)16-17(13-6-8-14(19)9-7-13)24-18(20-16)23-10-15(21)22/h2-9H,10H2,1H3,(H,21,22). The number of rotatable bonds is 5. The highest BCUT2D eigenvalue weighted by Crippen LogP contribution is 2.40. The molecule has 0 aliphatic heterocycles. The van der Waals surface area contributed by atoms with Crippen LogP contribution in [0.15, 0.2) is 52.9 Å². The van der Waals surface area contributed by atoms with Crippen LogP contribution in [-0.4, -0.2) is 21.8 Å². The lowest BCUT2D eigenvalue weighted by Crippen LogP contribution is -1.96. The summed E-state index contributed by atoms with van der Waals surface area (Å²) in [5, 5.41) is 9.57. The van der Waals surface area contributed by atoms with Gasteiger partial charge in [0.1, 0.15) is 0 Å². The molecule has 0 saturated carbocycles. The molecule has 0 bridgehead atoms. The van der Waals surface area contributed by atoms with Gasteiger partial charge in [0.2, 0.25) is 0 Å². The average Bonchev–Trinajstić information content (AvgIpc) is 2.98. The van der Waals surface area contributed by atoms with Crippen LogP contribution in [0, 0.1) is 6.92 Å². The van der Waals surface area contributed by atoms with Gasteiger partial charge in [0.05, 0.1) is 16.3 Å². The van der Waals surface area contributed by atoms with Crippen LogP contribution in [0.1, 0.15) is 5.56 Å². The molecule has 2 aromatic carbocycles. The first kappa shape index (κ1) is 17.0. The van der Waals surface area contributed by atoms with E-state index in [0.29, 0.717) is 5.02 Å². The SMILES string of the molecule is Cc1ccc(-c2nc(SCC(=O)O)sc2-c2ccc(Cl)cc2)cc1. The fourth-order valence-electron chi connectivity index (χ4n) is 2.19. The Balaban J connectivity index is 2.05. The highest BCUT2D eigenvalue weighted by atomic mass is 35.5. The van der Waals surface area contributed by atoms with Crippen molar-refractivity contribution in [1.82, 2.24) is 4.98 Å². The molecule has 0 atom stereocenters. The summed E-state index contributed by atoms with van der Waals surface area (Å²) in [6.45, 7) is 2.04. The van der Waals surface area contributed by atoms with Gasteiger partial charge in [-0.05, 0) is 24.6 Å². The van der Waals surface area contributed by atoms with Gasteiger partial charge < -0.3 is 5.11 Å². The van der Waals surface area contributed by atoms with E-state index in [9.17, 15) is 4.79 Å². The van der Waals surface area contributed by atoms with Gasteiger partial charge in [-0.25, -0.2) is 4.98 Å². The molecular weight excluding hydrogens is 362 g/mol. The molecule has 0 amide bonds. The Bertz CT molecular complexity index is 795. The van der Waals surface area contributed by atoms with Gasteiger partial charge in [0, 0.05) is 10.6 Å². The monoisotopic (exact) mass is 375 g/mol. The Morgan fingerprint density at radius 3 is 2.38 bits per heavy atom. The van der Waals surface area contributed by atoms with Crippen molar-refractivity contribution in [2.75, 3.05) is 5.75 Å². The summed E-state index contributed by atoms with van der Waals surface area (Å²) in [4.78, 5) is 16.5. The number of carbonyl (C=O) groups is 1. The molecule has 1 N–H and O–H groups in total. The summed E-state index contributed by atoms with van der Waals surface area (Å²) in [6.07, 6.45) is 0. The Kier molecular flexibility index (Phi) is 5.23. The molecule has 1 aromatic heterocycles. The molecule has 122 valence electrons. The normalized spacial score (nSPS) is 10.8. The molecule has 6 heteroatoms. The number of aliphatic carboxylic acids is 1. The number of thiazole rings is 1. The van der Waals surface area contributed by atoms with E-state index in [-0.39, 0.29) is 5.75 Å². The molecule has 0 saturated heterocycles. The Morgan fingerprint density at radius 1 is 1.12 bits per heavy atom. The molecule has 0 fully saturated rings. The van der Waals surface area contributed by atoms with Crippen LogP contribution in [0.25, 0.3) is 21.7 Å². The van der Waals surface area contributed by atoms with Gasteiger partial charge >= 0.3 is 5.97 Å². The Labute approximate surface area is 153 Å². The fourth-order valence-corrected chi connectivity index (χ4v) is 4.21. The van der Waals surface area contributed by atoms with Crippen LogP contribution < -0.4 is 0 Å². The van der Waals surface area contributed by atoms with Gasteiger partial charge in [-0.1, -0.05) is 65.3 Å². The van der Waals surface area contributed by atoms with E-state index in [4.69, 9.17) is 16.7 Å². The first-order valence-corrected chi connectivity index (χ1v) is 9.39. The molecular formula is C18H14ClNO2S2. The van der Waals surface area contributed by atoms with Crippen LogP contribution >= 0.6 is 34.7 Å². The number of nitrogens with zero attached hydrogens (tertiary/aromatic N) is 1. The number of hydrogen-bond acceptors (Lipinski definition) is 4. The first-order valence-electron chi connectivity index (χ1n) is 7.21. The summed E-state index contributed by atoms with van der Waals surface area (Å²) in [7, 11) is 0. The lowest BCUT2D eigenvalue weighted by Gasteiger charge is -2.03. The predicted molar refractivity (Wildman–Crippen MR) is 101 cm³/mol. The van der Waals surface area contributed by atoms with Crippen LogP contribution in [0.4, 0.5) is 0 Å². The second-order valence-corrected chi connectivity index (χ2v) is 7.87. The van der Waals surface area contributed by atoms with Crippen LogP contribution in [-0.2, 0) is 4.79 Å². The van der Waals surface area contributed by atoms with E-state index in [1.165, 1.54) is 28.7 Å². The number of aromatic nitrogens is 1. The van der Waals surface area contributed by atoms with Crippen LogP contribution in [0.3, 0.4) is 0 Å². The zero-order valence-electron chi connectivity index (χ0n) is 12.8. The maximum atomic E-state index is 10.8. The molecule has 0 aliphatic rings. The quantitative estimate of drug-likeness (QED) is 0.588. The maximum absolute atomic E-state index is 10.8. The molecule has 3 nitrogen and oxygen atoms in total. The molecule has 1 heterocycles. The number of carboxylic acids is 1. The topological polar surface area (TPSA) is 50.2 Å².